The Morgan fingerprint density at radius 1 is 1.33 bits per heavy atom. The summed E-state index contributed by atoms with van der Waals surface area (Å²) < 4.78 is 0. The number of rotatable bonds is 4. The molecule has 0 radical (unpaired) electrons. The first-order chi connectivity index (χ1) is 10.0. The molecule has 7 nitrogen and oxygen atoms in total. The van der Waals surface area contributed by atoms with Gasteiger partial charge in [0.2, 0.25) is 0 Å². The first kappa shape index (κ1) is 15.2. The highest BCUT2D eigenvalue weighted by atomic mass is 16.6. The normalized spacial score (nSPS) is 16.5. The van der Waals surface area contributed by atoms with Gasteiger partial charge in [-0.05, 0) is 31.6 Å². The largest absolute Gasteiger partial charge is 0.477 e. The highest BCUT2D eigenvalue weighted by Gasteiger charge is 2.22. The molecule has 0 saturated carbocycles. The number of aromatic carboxylic acids is 1. The summed E-state index contributed by atoms with van der Waals surface area (Å²) in [5, 5.41) is 20.0. The van der Waals surface area contributed by atoms with Gasteiger partial charge in [0, 0.05) is 31.4 Å². The zero-order valence-corrected chi connectivity index (χ0v) is 12.0. The number of carboxylic acids is 1. The Balaban J connectivity index is 2.26. The molecule has 1 fully saturated rings. The maximum atomic E-state index is 11.0. The molecule has 0 aromatic heterocycles. The van der Waals surface area contributed by atoms with Gasteiger partial charge in [0.05, 0.1) is 4.92 Å². The van der Waals surface area contributed by atoms with E-state index in [2.05, 4.69) is 16.7 Å². The van der Waals surface area contributed by atoms with Crippen LogP contribution in [-0.2, 0) is 0 Å². The Hall–Kier alpha value is -2.15. The van der Waals surface area contributed by atoms with Crippen molar-refractivity contribution in [1.82, 2.24) is 4.90 Å². The summed E-state index contributed by atoms with van der Waals surface area (Å²) in [6, 6.07) is 4.33. The Morgan fingerprint density at radius 2 is 2.10 bits per heavy atom. The number of carboxylic acid groups (broad SMARTS) is 1. The van der Waals surface area contributed by atoms with Crippen molar-refractivity contribution < 1.29 is 14.8 Å². The highest BCUT2D eigenvalue weighted by molar-refractivity contribution is 5.93. The van der Waals surface area contributed by atoms with Crippen LogP contribution in [0.15, 0.2) is 18.2 Å². The third-order valence-corrected chi connectivity index (χ3v) is 3.81. The fourth-order valence-electron chi connectivity index (χ4n) is 2.59. The number of hydrogen-bond acceptors (Lipinski definition) is 5. The third-order valence-electron chi connectivity index (χ3n) is 3.81. The third kappa shape index (κ3) is 3.49. The Morgan fingerprint density at radius 3 is 2.71 bits per heavy atom. The summed E-state index contributed by atoms with van der Waals surface area (Å²) in [7, 11) is 0. The second-order valence-corrected chi connectivity index (χ2v) is 5.04. The molecule has 1 aliphatic heterocycles. The van der Waals surface area contributed by atoms with Gasteiger partial charge >= 0.3 is 5.97 Å². The van der Waals surface area contributed by atoms with Crippen LogP contribution in [0.1, 0.15) is 23.7 Å². The fourth-order valence-corrected chi connectivity index (χ4v) is 2.59. The molecule has 1 aromatic carbocycles. The van der Waals surface area contributed by atoms with E-state index < -0.39 is 10.9 Å². The van der Waals surface area contributed by atoms with Crippen molar-refractivity contribution in [1.29, 1.82) is 0 Å². The Kier molecular flexibility index (Phi) is 4.74. The molecule has 0 amide bonds. The lowest BCUT2D eigenvalue weighted by Crippen LogP contribution is -2.30. The van der Waals surface area contributed by atoms with Gasteiger partial charge in [-0.3, -0.25) is 10.1 Å². The van der Waals surface area contributed by atoms with Gasteiger partial charge in [0.1, 0.15) is 5.56 Å². The summed E-state index contributed by atoms with van der Waals surface area (Å²) in [6.45, 7) is 6.64. The van der Waals surface area contributed by atoms with Crippen LogP contribution in [0, 0.1) is 10.1 Å². The van der Waals surface area contributed by atoms with Gasteiger partial charge in [-0.1, -0.05) is 6.92 Å². The second-order valence-electron chi connectivity index (χ2n) is 5.04. The van der Waals surface area contributed by atoms with Crippen molar-refractivity contribution in [2.24, 2.45) is 0 Å². The fraction of sp³-hybridized carbons (Fsp3) is 0.500. The van der Waals surface area contributed by atoms with Crippen molar-refractivity contribution in [3.05, 3.63) is 33.9 Å². The average molecular weight is 293 g/mol. The van der Waals surface area contributed by atoms with E-state index in [1.54, 1.807) is 6.07 Å². The maximum Gasteiger partial charge on any atom is 0.342 e. The van der Waals surface area contributed by atoms with Crippen LogP contribution in [0.25, 0.3) is 0 Å². The molecule has 0 atom stereocenters. The van der Waals surface area contributed by atoms with Crippen molar-refractivity contribution in [3.8, 4) is 0 Å². The van der Waals surface area contributed by atoms with Crippen LogP contribution in [0.3, 0.4) is 0 Å². The van der Waals surface area contributed by atoms with Crippen molar-refractivity contribution in [3.63, 3.8) is 0 Å². The van der Waals surface area contributed by atoms with E-state index in [0.29, 0.717) is 5.69 Å². The molecule has 1 N–H and O–H groups in total. The Labute approximate surface area is 122 Å². The predicted octanol–water partition coefficient (Wildman–Crippen LogP) is 1.82. The number of nitrogens with zero attached hydrogens (tertiary/aromatic N) is 3. The summed E-state index contributed by atoms with van der Waals surface area (Å²) in [6.07, 6.45) is 0.988. The lowest BCUT2D eigenvalue weighted by molar-refractivity contribution is -0.385. The van der Waals surface area contributed by atoms with Crippen LogP contribution in [-0.4, -0.2) is 53.6 Å². The highest BCUT2D eigenvalue weighted by Crippen LogP contribution is 2.26. The number of benzene rings is 1. The molecule has 1 heterocycles. The van der Waals surface area contributed by atoms with Crippen LogP contribution in [0.5, 0.6) is 0 Å². The smallest absolute Gasteiger partial charge is 0.342 e. The van der Waals surface area contributed by atoms with Crippen LogP contribution < -0.4 is 4.90 Å². The molecule has 0 unspecified atom stereocenters. The van der Waals surface area contributed by atoms with E-state index in [1.807, 2.05) is 0 Å². The number of hydrogen-bond donors (Lipinski definition) is 1. The molecule has 0 spiro atoms. The number of nitro groups is 1. The van der Waals surface area contributed by atoms with Crippen molar-refractivity contribution in [2.45, 2.75) is 13.3 Å². The molecule has 7 heteroatoms. The average Bonchev–Trinajstić information content (AvgIpc) is 2.71. The molecule has 0 bridgehead atoms. The predicted molar refractivity (Wildman–Crippen MR) is 79.0 cm³/mol. The second kappa shape index (κ2) is 6.53. The van der Waals surface area contributed by atoms with Crippen molar-refractivity contribution >= 4 is 17.3 Å². The van der Waals surface area contributed by atoms with E-state index in [1.165, 1.54) is 12.1 Å². The molecule has 1 aliphatic rings. The number of anilines is 1. The lowest BCUT2D eigenvalue weighted by Gasteiger charge is -2.23. The van der Waals surface area contributed by atoms with E-state index in [0.717, 1.165) is 39.1 Å². The lowest BCUT2D eigenvalue weighted by atomic mass is 10.1. The SMILES string of the molecule is CCN1CCCN(c2ccc(C(=O)O)c([N+](=O)[O-])c2)CC1. The minimum atomic E-state index is -1.28. The maximum absolute atomic E-state index is 11.0. The minimum Gasteiger partial charge on any atom is -0.477 e. The molecule has 1 aromatic rings. The van der Waals surface area contributed by atoms with Gasteiger partial charge in [-0.15, -0.1) is 0 Å². The molecule has 21 heavy (non-hydrogen) atoms. The van der Waals surface area contributed by atoms with Crippen LogP contribution in [0.2, 0.25) is 0 Å². The topological polar surface area (TPSA) is 86.9 Å². The van der Waals surface area contributed by atoms with E-state index >= 15 is 0 Å². The summed E-state index contributed by atoms with van der Waals surface area (Å²) in [5.41, 5.74) is 0.0926. The Bertz CT molecular complexity index is 547. The number of nitro benzene ring substituents is 1. The van der Waals surface area contributed by atoms with E-state index in [-0.39, 0.29) is 11.3 Å². The monoisotopic (exact) mass is 293 g/mol. The van der Waals surface area contributed by atoms with Gasteiger partial charge < -0.3 is 14.9 Å². The zero-order valence-electron chi connectivity index (χ0n) is 12.0. The minimum absolute atomic E-state index is 0.270. The first-order valence-corrected chi connectivity index (χ1v) is 7.02. The van der Waals surface area contributed by atoms with Gasteiger partial charge in [-0.2, -0.15) is 0 Å². The molecule has 2 rings (SSSR count). The summed E-state index contributed by atoms with van der Waals surface area (Å²) >= 11 is 0. The number of likely N-dealkylation sites (N-methyl/N-ethyl adjacent to an activating group) is 1. The number of carbonyl (C=O) groups is 1. The standard InChI is InChI=1S/C14H19N3O4/c1-2-15-6-3-7-16(9-8-15)11-4-5-12(14(18)19)13(10-11)17(20)21/h4-5,10H,2-3,6-9H2,1H3,(H,18,19). The molecule has 0 aliphatic carbocycles. The molecular weight excluding hydrogens is 274 g/mol. The molecule has 1 saturated heterocycles. The van der Waals surface area contributed by atoms with Crippen molar-refractivity contribution in [2.75, 3.05) is 37.6 Å². The van der Waals surface area contributed by atoms with Gasteiger partial charge in [0.25, 0.3) is 5.69 Å². The van der Waals surface area contributed by atoms with E-state index in [4.69, 9.17) is 5.11 Å². The van der Waals surface area contributed by atoms with Crippen LogP contribution in [0.4, 0.5) is 11.4 Å². The van der Waals surface area contributed by atoms with Crippen LogP contribution >= 0.6 is 0 Å². The van der Waals surface area contributed by atoms with E-state index in [9.17, 15) is 14.9 Å². The first-order valence-electron chi connectivity index (χ1n) is 7.02. The summed E-state index contributed by atoms with van der Waals surface area (Å²) in [4.78, 5) is 25.8. The summed E-state index contributed by atoms with van der Waals surface area (Å²) in [5.74, 6) is -1.28. The quantitative estimate of drug-likeness (QED) is 0.673. The zero-order chi connectivity index (χ0) is 15.4. The van der Waals surface area contributed by atoms with Gasteiger partial charge in [-0.25, -0.2) is 4.79 Å². The molecular formula is C14H19N3O4. The molecule has 114 valence electrons. The van der Waals surface area contributed by atoms with Gasteiger partial charge in [0.15, 0.2) is 0 Å².